The minimum absolute atomic E-state index is 0.0244. The van der Waals surface area contributed by atoms with Crippen LogP contribution >= 0.6 is 0 Å². The first-order valence-corrected chi connectivity index (χ1v) is 8.52. The molecule has 144 valence electrons. The number of amides is 1. The molecule has 0 saturated heterocycles. The van der Waals surface area contributed by atoms with Crippen LogP contribution in [0.15, 0.2) is 59.1 Å². The zero-order valence-corrected chi connectivity index (χ0v) is 15.1. The van der Waals surface area contributed by atoms with Gasteiger partial charge in [0.15, 0.2) is 0 Å². The molecule has 0 saturated carbocycles. The lowest BCUT2D eigenvalue weighted by Crippen LogP contribution is -2.30. The molecule has 3 rings (SSSR count). The molecule has 1 heterocycles. The van der Waals surface area contributed by atoms with Crippen LogP contribution in [-0.4, -0.2) is 27.6 Å². The monoisotopic (exact) mass is 382 g/mol. The Morgan fingerprint density at radius 1 is 1.21 bits per heavy atom. The Kier molecular flexibility index (Phi) is 6.07. The summed E-state index contributed by atoms with van der Waals surface area (Å²) in [7, 11) is 0. The molecule has 0 aliphatic rings. The number of benzene rings is 2. The van der Waals surface area contributed by atoms with Gasteiger partial charge in [0.25, 0.3) is 5.69 Å². The Bertz CT molecular complexity index is 940. The van der Waals surface area contributed by atoms with Crippen molar-refractivity contribution < 1.29 is 19.0 Å². The van der Waals surface area contributed by atoms with Crippen molar-refractivity contribution in [3.05, 3.63) is 76.2 Å². The van der Waals surface area contributed by atoms with E-state index in [0.717, 1.165) is 5.56 Å². The summed E-state index contributed by atoms with van der Waals surface area (Å²) < 4.78 is 10.6. The first-order valence-electron chi connectivity index (χ1n) is 8.52. The van der Waals surface area contributed by atoms with Crippen molar-refractivity contribution in [3.63, 3.8) is 0 Å². The number of carbonyl (C=O) groups is 1. The lowest BCUT2D eigenvalue weighted by molar-refractivity contribution is -0.384. The van der Waals surface area contributed by atoms with E-state index in [1.54, 1.807) is 6.92 Å². The largest absolute Gasteiger partial charge is 0.367 e. The number of carbonyl (C=O) groups excluding carboxylic acids is 1. The minimum Gasteiger partial charge on any atom is -0.367 e. The second-order valence-corrected chi connectivity index (χ2v) is 6.03. The highest BCUT2D eigenvalue weighted by atomic mass is 16.6. The van der Waals surface area contributed by atoms with Gasteiger partial charge >= 0.3 is 0 Å². The first-order chi connectivity index (χ1) is 13.5. The van der Waals surface area contributed by atoms with Gasteiger partial charge in [-0.1, -0.05) is 35.5 Å². The third-order valence-corrected chi connectivity index (χ3v) is 3.87. The predicted molar refractivity (Wildman–Crippen MR) is 99.0 cm³/mol. The average Bonchev–Trinajstić information content (AvgIpc) is 3.19. The molecule has 0 aliphatic heterocycles. The molecule has 0 aliphatic carbocycles. The van der Waals surface area contributed by atoms with Gasteiger partial charge in [-0.3, -0.25) is 14.9 Å². The van der Waals surface area contributed by atoms with Crippen molar-refractivity contribution in [2.45, 2.75) is 19.6 Å². The molecular formula is C19H18N4O5. The van der Waals surface area contributed by atoms with E-state index in [-0.39, 0.29) is 29.9 Å². The summed E-state index contributed by atoms with van der Waals surface area (Å²) in [6, 6.07) is 14.8. The third-order valence-electron chi connectivity index (χ3n) is 3.87. The molecule has 1 atom stereocenters. The van der Waals surface area contributed by atoms with Gasteiger partial charge in [-0.05, 0) is 24.6 Å². The Balaban J connectivity index is 1.52. The number of nitro benzene ring substituents is 1. The maximum atomic E-state index is 12.0. The van der Waals surface area contributed by atoms with Crippen LogP contribution in [0.5, 0.6) is 0 Å². The van der Waals surface area contributed by atoms with Crippen LogP contribution in [0.3, 0.4) is 0 Å². The number of rotatable bonds is 8. The molecule has 0 fully saturated rings. The van der Waals surface area contributed by atoms with Gasteiger partial charge in [-0.25, -0.2) is 0 Å². The molecule has 1 aromatic heterocycles. The predicted octanol–water partition coefficient (Wildman–Crippen LogP) is 3.04. The summed E-state index contributed by atoms with van der Waals surface area (Å²) in [5.74, 6) is 0.203. The van der Waals surface area contributed by atoms with Crippen molar-refractivity contribution in [3.8, 4) is 11.4 Å². The highest BCUT2D eigenvalue weighted by Crippen LogP contribution is 2.21. The van der Waals surface area contributed by atoms with Gasteiger partial charge in [-0.15, -0.1) is 0 Å². The molecule has 0 bridgehead atoms. The molecular weight excluding hydrogens is 364 g/mol. The number of non-ortho nitro benzene ring substituents is 1. The van der Waals surface area contributed by atoms with Crippen molar-refractivity contribution in [1.29, 1.82) is 0 Å². The molecule has 2 aromatic carbocycles. The van der Waals surface area contributed by atoms with E-state index in [1.165, 1.54) is 24.3 Å². The molecule has 1 unspecified atom stereocenters. The Morgan fingerprint density at radius 3 is 2.61 bits per heavy atom. The van der Waals surface area contributed by atoms with E-state index in [1.807, 2.05) is 30.3 Å². The maximum Gasteiger partial charge on any atom is 0.269 e. The van der Waals surface area contributed by atoms with Gasteiger partial charge < -0.3 is 14.6 Å². The Hall–Kier alpha value is -3.59. The number of hydrogen-bond acceptors (Lipinski definition) is 7. The molecule has 1 N–H and O–H groups in total. The number of hydrogen-bond donors (Lipinski definition) is 1. The molecule has 0 spiro atoms. The lowest BCUT2D eigenvalue weighted by Gasteiger charge is -2.10. The second-order valence-electron chi connectivity index (χ2n) is 6.03. The zero-order chi connectivity index (χ0) is 19.9. The highest BCUT2D eigenvalue weighted by Gasteiger charge is 2.18. The summed E-state index contributed by atoms with van der Waals surface area (Å²) in [6.07, 6.45) is 0. The van der Waals surface area contributed by atoms with Crippen LogP contribution < -0.4 is 5.32 Å². The van der Waals surface area contributed by atoms with Crippen LogP contribution in [0, 0.1) is 10.1 Å². The maximum absolute atomic E-state index is 12.0. The summed E-state index contributed by atoms with van der Waals surface area (Å²) in [6.45, 7) is 1.96. The Morgan fingerprint density at radius 2 is 1.93 bits per heavy atom. The van der Waals surface area contributed by atoms with Gasteiger partial charge in [0.1, 0.15) is 12.6 Å². The number of nitrogens with zero attached hydrogens (tertiary/aromatic N) is 3. The quantitative estimate of drug-likeness (QED) is 0.469. The average molecular weight is 382 g/mol. The summed E-state index contributed by atoms with van der Waals surface area (Å²) in [5.41, 5.74) is 1.53. The van der Waals surface area contributed by atoms with Crippen molar-refractivity contribution in [1.82, 2.24) is 15.5 Å². The molecule has 0 radical (unpaired) electrons. The molecule has 1 amide bonds. The van der Waals surface area contributed by atoms with Crippen LogP contribution in [0.4, 0.5) is 5.69 Å². The van der Waals surface area contributed by atoms with Crippen LogP contribution in [0.25, 0.3) is 11.4 Å². The number of ether oxygens (including phenoxy) is 1. The lowest BCUT2D eigenvalue weighted by atomic mass is 10.2. The topological polar surface area (TPSA) is 120 Å². The summed E-state index contributed by atoms with van der Waals surface area (Å²) >= 11 is 0. The first kappa shape index (κ1) is 19.2. The normalized spacial score (nSPS) is 11.8. The number of nitro groups is 1. The summed E-state index contributed by atoms with van der Waals surface area (Å²) in [4.78, 5) is 26.5. The van der Waals surface area contributed by atoms with E-state index in [9.17, 15) is 14.9 Å². The standard InChI is InChI=1S/C19H18N4O5/c1-13(20-17(24)12-27-11-14-5-3-2-4-6-14)19-21-18(22-28-19)15-7-9-16(10-8-15)23(25)26/h2-10,13H,11-12H2,1H3,(H,20,24). The zero-order valence-electron chi connectivity index (χ0n) is 15.1. The van der Waals surface area contributed by atoms with Crippen molar-refractivity contribution in [2.75, 3.05) is 6.61 Å². The van der Waals surface area contributed by atoms with Gasteiger partial charge in [0.05, 0.1) is 11.5 Å². The van der Waals surface area contributed by atoms with E-state index < -0.39 is 11.0 Å². The molecule has 28 heavy (non-hydrogen) atoms. The summed E-state index contributed by atoms with van der Waals surface area (Å²) in [5, 5.41) is 17.3. The Labute approximate surface area is 160 Å². The molecule has 9 nitrogen and oxygen atoms in total. The number of nitrogens with one attached hydrogen (secondary N) is 1. The van der Waals surface area contributed by atoms with Gasteiger partial charge in [-0.2, -0.15) is 4.98 Å². The second kappa shape index (κ2) is 8.87. The third kappa shape index (κ3) is 4.98. The van der Waals surface area contributed by atoms with E-state index >= 15 is 0 Å². The van der Waals surface area contributed by atoms with E-state index in [4.69, 9.17) is 9.26 Å². The van der Waals surface area contributed by atoms with E-state index in [2.05, 4.69) is 15.5 Å². The number of aromatic nitrogens is 2. The van der Waals surface area contributed by atoms with Gasteiger partial charge in [0, 0.05) is 17.7 Å². The smallest absolute Gasteiger partial charge is 0.269 e. The molecule has 3 aromatic rings. The van der Waals surface area contributed by atoms with Gasteiger partial charge in [0.2, 0.25) is 17.6 Å². The van der Waals surface area contributed by atoms with Crippen LogP contribution in [-0.2, 0) is 16.1 Å². The molecule has 9 heteroatoms. The van der Waals surface area contributed by atoms with Crippen molar-refractivity contribution >= 4 is 11.6 Å². The highest BCUT2D eigenvalue weighted by molar-refractivity contribution is 5.77. The van der Waals surface area contributed by atoms with Crippen LogP contribution in [0.1, 0.15) is 24.4 Å². The van der Waals surface area contributed by atoms with E-state index in [0.29, 0.717) is 12.2 Å². The SMILES string of the molecule is CC(NC(=O)COCc1ccccc1)c1nc(-c2ccc([N+](=O)[O-])cc2)no1. The fourth-order valence-corrected chi connectivity index (χ4v) is 2.44. The minimum atomic E-state index is -0.507. The van der Waals surface area contributed by atoms with Crippen molar-refractivity contribution in [2.24, 2.45) is 0 Å². The fraction of sp³-hybridized carbons (Fsp3) is 0.211. The fourth-order valence-electron chi connectivity index (χ4n) is 2.44. The van der Waals surface area contributed by atoms with Crippen LogP contribution in [0.2, 0.25) is 0 Å².